The number of hydrogen-bond acceptors (Lipinski definition) is 5. The highest BCUT2D eigenvalue weighted by Gasteiger charge is 2.28. The molecule has 2 amide bonds. The van der Waals surface area contributed by atoms with Crippen LogP contribution in [0, 0.1) is 13.7 Å². The molecule has 2 rings (SSSR count). The van der Waals surface area contributed by atoms with Gasteiger partial charge < -0.3 is 15.5 Å². The van der Waals surface area contributed by atoms with E-state index < -0.39 is 23.0 Å². The van der Waals surface area contributed by atoms with Crippen molar-refractivity contribution in [1.29, 1.82) is 0 Å². The molecule has 0 fully saturated rings. The van der Waals surface area contributed by atoms with Gasteiger partial charge in [0.15, 0.2) is 0 Å². The number of carbonyl (C=O) groups is 2. The summed E-state index contributed by atoms with van der Waals surface area (Å²) < 4.78 is 0.450. The van der Waals surface area contributed by atoms with Crippen molar-refractivity contribution in [3.8, 4) is 5.75 Å². The predicted octanol–water partition coefficient (Wildman–Crippen LogP) is 3.42. The Kier molecular flexibility index (Phi) is 5.97. The molecule has 10 heteroatoms. The fourth-order valence-electron chi connectivity index (χ4n) is 2.12. The summed E-state index contributed by atoms with van der Waals surface area (Å²) in [6, 6.07) is 7.49. The molecule has 0 aliphatic carbocycles. The van der Waals surface area contributed by atoms with Gasteiger partial charge in [0.2, 0.25) is 0 Å². The molecule has 0 unspecified atom stereocenters. The highest BCUT2D eigenvalue weighted by Crippen LogP contribution is 2.27. The van der Waals surface area contributed by atoms with E-state index in [0.29, 0.717) is 3.57 Å². The van der Waals surface area contributed by atoms with E-state index in [0.717, 1.165) is 4.90 Å². The summed E-state index contributed by atoms with van der Waals surface area (Å²) in [4.78, 5) is 35.1. The highest BCUT2D eigenvalue weighted by atomic mass is 127. The second-order valence-corrected chi connectivity index (χ2v) is 6.42. The third-order valence-electron chi connectivity index (χ3n) is 3.50. The molecule has 0 saturated heterocycles. The summed E-state index contributed by atoms with van der Waals surface area (Å²) in [5, 5.41) is 32.1. The van der Waals surface area contributed by atoms with E-state index in [2.05, 4.69) is 5.32 Å². The van der Waals surface area contributed by atoms with Gasteiger partial charge in [-0.05, 0) is 59.8 Å². The van der Waals surface area contributed by atoms with Crippen LogP contribution in [0.4, 0.5) is 21.9 Å². The molecule has 1 atom stereocenters. The van der Waals surface area contributed by atoms with Crippen molar-refractivity contribution >= 4 is 51.7 Å². The number of aromatic hydroxyl groups is 1. The molecule has 0 radical (unpaired) electrons. The van der Waals surface area contributed by atoms with Crippen LogP contribution in [0.1, 0.15) is 6.92 Å². The number of phenols is 1. The number of nitro groups is 1. The minimum absolute atomic E-state index is 0.00746. The minimum atomic E-state index is -1.22. The van der Waals surface area contributed by atoms with Crippen LogP contribution >= 0.6 is 22.6 Å². The normalized spacial score (nSPS) is 11.5. The van der Waals surface area contributed by atoms with Crippen molar-refractivity contribution < 1.29 is 24.7 Å². The summed E-state index contributed by atoms with van der Waals surface area (Å²) in [6.45, 7) is 1.34. The molecule has 0 spiro atoms. The number of aliphatic carboxylic acids is 1. The number of carboxylic acids is 1. The van der Waals surface area contributed by atoms with Crippen LogP contribution in [0.2, 0.25) is 0 Å². The monoisotopic (exact) mass is 471 g/mol. The number of nitrogens with one attached hydrogen (secondary N) is 1. The lowest BCUT2D eigenvalue weighted by atomic mass is 10.2. The van der Waals surface area contributed by atoms with E-state index >= 15 is 0 Å². The fraction of sp³-hybridized carbons (Fsp3) is 0.125. The van der Waals surface area contributed by atoms with Gasteiger partial charge in [-0.3, -0.25) is 15.0 Å². The molecule has 136 valence electrons. The molecule has 0 aliphatic heterocycles. The first-order valence-corrected chi connectivity index (χ1v) is 8.34. The number of carbonyl (C=O) groups excluding carboxylic acids is 1. The largest absolute Gasteiger partial charge is 0.507 e. The number of phenolic OH excluding ortho intramolecular Hbond substituents is 1. The summed E-state index contributed by atoms with van der Waals surface area (Å²) in [5.74, 6) is -1.21. The third-order valence-corrected chi connectivity index (χ3v) is 4.37. The number of benzene rings is 2. The number of halogens is 1. The van der Waals surface area contributed by atoms with E-state index in [1.807, 2.05) is 22.6 Å². The standard InChI is InChI=1S/C16H14IN3O6/c1-9(15(22)23)19(12-6-7-14(21)13(17)8-12)16(24)18-10-2-4-11(5-3-10)20(25)26/h2-9,21H,1H3,(H,18,24)(H,22,23)/t9-/m0/s1. The van der Waals surface area contributed by atoms with E-state index in [-0.39, 0.29) is 22.8 Å². The molecule has 26 heavy (non-hydrogen) atoms. The minimum Gasteiger partial charge on any atom is -0.507 e. The van der Waals surface area contributed by atoms with E-state index in [4.69, 9.17) is 0 Å². The Morgan fingerprint density at radius 1 is 1.23 bits per heavy atom. The molecule has 3 N–H and O–H groups in total. The summed E-state index contributed by atoms with van der Waals surface area (Å²) in [5.41, 5.74) is 0.421. The number of rotatable bonds is 5. The van der Waals surface area contributed by atoms with E-state index in [9.17, 15) is 29.9 Å². The fourth-order valence-corrected chi connectivity index (χ4v) is 2.62. The SMILES string of the molecule is C[C@@H](C(=O)O)N(C(=O)Nc1ccc([N+](=O)[O-])cc1)c1ccc(O)c(I)c1. The molecule has 0 aromatic heterocycles. The van der Waals surface area contributed by atoms with Crippen molar-refractivity contribution in [2.24, 2.45) is 0 Å². The Labute approximate surface area is 161 Å². The Morgan fingerprint density at radius 3 is 2.35 bits per heavy atom. The maximum absolute atomic E-state index is 12.6. The Bertz CT molecular complexity index is 856. The zero-order valence-electron chi connectivity index (χ0n) is 13.4. The molecule has 2 aromatic rings. The molecular formula is C16H14IN3O6. The zero-order chi connectivity index (χ0) is 19.4. The second-order valence-electron chi connectivity index (χ2n) is 5.25. The molecule has 0 saturated carbocycles. The Balaban J connectivity index is 2.32. The predicted molar refractivity (Wildman–Crippen MR) is 103 cm³/mol. The van der Waals surface area contributed by atoms with Crippen molar-refractivity contribution in [3.05, 3.63) is 56.1 Å². The van der Waals surface area contributed by atoms with Gasteiger partial charge in [-0.25, -0.2) is 9.59 Å². The number of anilines is 2. The number of nitro benzene ring substituents is 1. The first-order chi connectivity index (χ1) is 12.2. The van der Waals surface area contributed by atoms with E-state index in [1.165, 1.54) is 49.4 Å². The Morgan fingerprint density at radius 2 is 1.85 bits per heavy atom. The molecule has 0 bridgehead atoms. The van der Waals surface area contributed by atoms with Gasteiger partial charge in [0.1, 0.15) is 11.8 Å². The van der Waals surface area contributed by atoms with Gasteiger partial charge >= 0.3 is 12.0 Å². The van der Waals surface area contributed by atoms with Crippen LogP contribution in [0.5, 0.6) is 5.75 Å². The van der Waals surface area contributed by atoms with Crippen LogP contribution in [0.15, 0.2) is 42.5 Å². The molecule has 0 aliphatic rings. The summed E-state index contributed by atoms with van der Waals surface area (Å²) in [7, 11) is 0. The van der Waals surface area contributed by atoms with Crippen molar-refractivity contribution in [3.63, 3.8) is 0 Å². The van der Waals surface area contributed by atoms with Gasteiger partial charge in [-0.15, -0.1) is 0 Å². The topological polar surface area (TPSA) is 133 Å². The molecule has 0 heterocycles. The van der Waals surface area contributed by atoms with Crippen molar-refractivity contribution in [2.45, 2.75) is 13.0 Å². The van der Waals surface area contributed by atoms with Crippen molar-refractivity contribution in [1.82, 2.24) is 0 Å². The van der Waals surface area contributed by atoms with Crippen LogP contribution in [-0.4, -0.2) is 33.2 Å². The van der Waals surface area contributed by atoms with Crippen molar-refractivity contribution in [2.75, 3.05) is 10.2 Å². The van der Waals surface area contributed by atoms with Gasteiger partial charge in [0.05, 0.1) is 8.49 Å². The third kappa shape index (κ3) is 4.39. The molecular weight excluding hydrogens is 457 g/mol. The van der Waals surface area contributed by atoms with Crippen LogP contribution in [0.3, 0.4) is 0 Å². The average Bonchev–Trinajstić information content (AvgIpc) is 2.58. The maximum atomic E-state index is 12.6. The number of non-ortho nitro benzene ring substituents is 1. The number of hydrogen-bond donors (Lipinski definition) is 3. The first-order valence-electron chi connectivity index (χ1n) is 7.26. The van der Waals surface area contributed by atoms with Gasteiger partial charge in [-0.2, -0.15) is 0 Å². The highest BCUT2D eigenvalue weighted by molar-refractivity contribution is 14.1. The smallest absolute Gasteiger partial charge is 0.327 e. The van der Waals surface area contributed by atoms with Gasteiger partial charge in [0.25, 0.3) is 5.69 Å². The second kappa shape index (κ2) is 7.99. The first kappa shape index (κ1) is 19.4. The Hall–Kier alpha value is -2.89. The molecule has 2 aromatic carbocycles. The lowest BCUT2D eigenvalue weighted by Crippen LogP contribution is -2.45. The van der Waals surface area contributed by atoms with Crippen LogP contribution < -0.4 is 10.2 Å². The van der Waals surface area contributed by atoms with Crippen LogP contribution in [0.25, 0.3) is 0 Å². The average molecular weight is 471 g/mol. The molecule has 9 nitrogen and oxygen atoms in total. The lowest BCUT2D eigenvalue weighted by Gasteiger charge is -2.27. The summed E-state index contributed by atoms with van der Waals surface area (Å²) >= 11 is 1.86. The zero-order valence-corrected chi connectivity index (χ0v) is 15.6. The van der Waals surface area contributed by atoms with E-state index in [1.54, 1.807) is 0 Å². The number of carboxylic acid groups (broad SMARTS) is 1. The lowest BCUT2D eigenvalue weighted by molar-refractivity contribution is -0.384. The maximum Gasteiger partial charge on any atom is 0.327 e. The summed E-state index contributed by atoms with van der Waals surface area (Å²) in [6.07, 6.45) is 0. The number of nitrogens with zero attached hydrogens (tertiary/aromatic N) is 2. The van der Waals surface area contributed by atoms with Crippen LogP contribution in [-0.2, 0) is 4.79 Å². The quantitative estimate of drug-likeness (QED) is 0.348. The number of amides is 2. The van der Waals surface area contributed by atoms with Gasteiger partial charge in [-0.1, -0.05) is 0 Å². The number of urea groups is 1. The van der Waals surface area contributed by atoms with Gasteiger partial charge in [0, 0.05) is 23.5 Å².